The third kappa shape index (κ3) is 5.40. The van der Waals surface area contributed by atoms with Gasteiger partial charge in [-0.1, -0.05) is 11.6 Å². The highest BCUT2D eigenvalue weighted by atomic mass is 35.5. The minimum absolute atomic E-state index is 0.0684. The number of ether oxygens (including phenoxy) is 1. The number of carboxylic acids is 1. The molecule has 0 fully saturated rings. The van der Waals surface area contributed by atoms with Crippen molar-refractivity contribution in [1.29, 1.82) is 0 Å². The quantitative estimate of drug-likeness (QED) is 0.881. The number of carbonyl (C=O) groups is 2. The van der Waals surface area contributed by atoms with E-state index in [1.54, 1.807) is 27.7 Å². The monoisotopic (exact) mass is 330 g/mol. The first-order valence-corrected chi connectivity index (χ1v) is 7.00. The summed E-state index contributed by atoms with van der Waals surface area (Å²) in [6.07, 6.45) is 0.567. The molecule has 0 aromatic carbocycles. The average molecular weight is 331 g/mol. The van der Waals surface area contributed by atoms with E-state index in [4.69, 9.17) is 21.4 Å². The van der Waals surface area contributed by atoms with Gasteiger partial charge >= 0.3 is 12.1 Å². The topological polar surface area (TPSA) is 97.6 Å². The molecule has 1 unspecified atom stereocenters. The predicted octanol–water partition coefficient (Wildman–Crippen LogP) is 2.11. The lowest BCUT2D eigenvalue weighted by atomic mass is 10.2. The summed E-state index contributed by atoms with van der Waals surface area (Å²) in [5, 5.41) is 11.3. The number of aromatic nitrogens is 1. The molecule has 122 valence electrons. The second-order valence-corrected chi connectivity index (χ2v) is 6.29. The minimum atomic E-state index is -1.19. The molecule has 1 rings (SSSR count). The average Bonchev–Trinajstić information content (AvgIpc) is 2.31. The van der Waals surface area contributed by atoms with E-state index in [9.17, 15) is 14.4 Å². The van der Waals surface area contributed by atoms with Crippen molar-refractivity contribution < 1.29 is 19.4 Å². The lowest BCUT2D eigenvalue weighted by molar-refractivity contribution is 0.0503. The third-order valence-corrected chi connectivity index (χ3v) is 2.79. The van der Waals surface area contributed by atoms with Gasteiger partial charge in [0, 0.05) is 18.8 Å². The number of amides is 1. The van der Waals surface area contributed by atoms with Gasteiger partial charge in [0.2, 0.25) is 0 Å². The molecule has 0 spiro atoms. The number of carboxylic acid groups (broad SMARTS) is 1. The van der Waals surface area contributed by atoms with Gasteiger partial charge in [-0.05, 0) is 33.8 Å². The van der Waals surface area contributed by atoms with E-state index in [2.05, 4.69) is 5.32 Å². The Morgan fingerprint density at radius 1 is 1.45 bits per heavy atom. The van der Waals surface area contributed by atoms with Crippen LogP contribution >= 0.6 is 11.6 Å². The van der Waals surface area contributed by atoms with Crippen molar-refractivity contribution in [2.24, 2.45) is 0 Å². The second kappa shape index (κ2) is 6.83. The van der Waals surface area contributed by atoms with Crippen LogP contribution in [0.2, 0.25) is 5.02 Å². The molecule has 0 saturated carbocycles. The van der Waals surface area contributed by atoms with E-state index in [1.807, 2.05) is 0 Å². The van der Waals surface area contributed by atoms with E-state index >= 15 is 0 Å². The van der Waals surface area contributed by atoms with Crippen LogP contribution in [0.25, 0.3) is 0 Å². The zero-order chi connectivity index (χ0) is 17.1. The third-order valence-electron chi connectivity index (χ3n) is 2.52. The molecule has 0 bridgehead atoms. The molecule has 1 atom stereocenters. The Kier molecular flexibility index (Phi) is 5.59. The number of alkyl carbamates (subject to hydrolysis) is 1. The molecular formula is C14H19ClN2O5. The van der Waals surface area contributed by atoms with Crippen LogP contribution in [0.3, 0.4) is 0 Å². The Labute approximate surface area is 132 Å². The Bertz CT molecular complexity index is 633. The van der Waals surface area contributed by atoms with Crippen LogP contribution in [0.1, 0.15) is 38.1 Å². The fourth-order valence-electron chi connectivity index (χ4n) is 1.70. The Balaban J connectivity index is 2.84. The molecule has 22 heavy (non-hydrogen) atoms. The smallest absolute Gasteiger partial charge is 0.407 e. The maximum Gasteiger partial charge on any atom is 0.407 e. The van der Waals surface area contributed by atoms with Crippen LogP contribution in [0.15, 0.2) is 17.1 Å². The highest BCUT2D eigenvalue weighted by Crippen LogP contribution is 2.08. The lowest BCUT2D eigenvalue weighted by Crippen LogP contribution is -2.41. The standard InChI is InChI=1S/C14H19ClN2O5/c1-8(16-13(21)22-14(2,3)4)6-17-7-9(12(19)20)5-10(15)11(17)18/h5,7-8H,6H2,1-4H3,(H,16,21)(H,19,20). The van der Waals surface area contributed by atoms with Crippen molar-refractivity contribution in [1.82, 2.24) is 9.88 Å². The molecule has 0 radical (unpaired) electrons. The zero-order valence-corrected chi connectivity index (χ0v) is 13.6. The Morgan fingerprint density at radius 3 is 2.55 bits per heavy atom. The Hall–Kier alpha value is -2.02. The summed E-state index contributed by atoms with van der Waals surface area (Å²) in [5.41, 5.74) is -1.26. The van der Waals surface area contributed by atoms with Crippen molar-refractivity contribution in [2.75, 3.05) is 0 Å². The van der Waals surface area contributed by atoms with Gasteiger partial charge in [-0.25, -0.2) is 9.59 Å². The van der Waals surface area contributed by atoms with Crippen molar-refractivity contribution >= 4 is 23.7 Å². The predicted molar refractivity (Wildman–Crippen MR) is 81.5 cm³/mol. The van der Waals surface area contributed by atoms with Crippen LogP contribution < -0.4 is 10.9 Å². The van der Waals surface area contributed by atoms with E-state index in [1.165, 1.54) is 6.20 Å². The summed E-state index contributed by atoms with van der Waals surface area (Å²) in [6.45, 7) is 6.93. The number of rotatable bonds is 4. The maximum atomic E-state index is 11.9. The molecule has 0 aliphatic rings. The molecule has 7 nitrogen and oxygen atoms in total. The van der Waals surface area contributed by atoms with Crippen molar-refractivity contribution in [3.63, 3.8) is 0 Å². The largest absolute Gasteiger partial charge is 0.478 e. The molecule has 1 aromatic heterocycles. The highest BCUT2D eigenvalue weighted by Gasteiger charge is 2.18. The van der Waals surface area contributed by atoms with Gasteiger partial charge in [0.1, 0.15) is 10.6 Å². The fourth-order valence-corrected chi connectivity index (χ4v) is 1.93. The van der Waals surface area contributed by atoms with Gasteiger partial charge in [-0.2, -0.15) is 0 Å². The zero-order valence-electron chi connectivity index (χ0n) is 12.8. The molecule has 0 saturated heterocycles. The van der Waals surface area contributed by atoms with E-state index in [0.717, 1.165) is 10.6 Å². The van der Waals surface area contributed by atoms with Gasteiger partial charge in [-0.3, -0.25) is 4.79 Å². The number of carbonyl (C=O) groups excluding carboxylic acids is 1. The van der Waals surface area contributed by atoms with E-state index in [-0.39, 0.29) is 17.1 Å². The molecule has 0 aliphatic heterocycles. The van der Waals surface area contributed by atoms with Crippen LogP contribution in [0.5, 0.6) is 0 Å². The first kappa shape index (κ1) is 18.0. The van der Waals surface area contributed by atoms with Crippen LogP contribution in [-0.4, -0.2) is 33.4 Å². The summed E-state index contributed by atoms with van der Waals surface area (Å²) in [7, 11) is 0. The number of hydrogen-bond donors (Lipinski definition) is 2. The summed E-state index contributed by atoms with van der Waals surface area (Å²) < 4.78 is 6.25. The van der Waals surface area contributed by atoms with Crippen molar-refractivity contribution in [3.8, 4) is 0 Å². The van der Waals surface area contributed by atoms with Crippen LogP contribution in [0, 0.1) is 0 Å². The molecule has 8 heteroatoms. The number of halogens is 1. The summed E-state index contributed by atoms with van der Waals surface area (Å²) in [4.78, 5) is 34.5. The molecule has 0 aliphatic carbocycles. The minimum Gasteiger partial charge on any atom is -0.478 e. The highest BCUT2D eigenvalue weighted by molar-refractivity contribution is 6.30. The molecular weight excluding hydrogens is 312 g/mol. The Morgan fingerprint density at radius 2 is 2.05 bits per heavy atom. The fraction of sp³-hybridized carbons (Fsp3) is 0.500. The van der Waals surface area contributed by atoms with Crippen molar-refractivity contribution in [2.45, 2.75) is 45.9 Å². The number of pyridine rings is 1. The molecule has 1 amide bonds. The SMILES string of the molecule is CC(Cn1cc(C(=O)O)cc(Cl)c1=O)NC(=O)OC(C)(C)C. The normalized spacial score (nSPS) is 12.6. The first-order chi connectivity index (χ1) is 9.99. The van der Waals surface area contributed by atoms with Crippen LogP contribution in [-0.2, 0) is 11.3 Å². The molecule has 2 N–H and O–H groups in total. The number of nitrogens with zero attached hydrogens (tertiary/aromatic N) is 1. The summed E-state index contributed by atoms with van der Waals surface area (Å²) >= 11 is 5.73. The van der Waals surface area contributed by atoms with Gasteiger partial charge in [0.05, 0.1) is 5.56 Å². The maximum absolute atomic E-state index is 11.9. The number of aromatic carboxylic acids is 1. The van der Waals surface area contributed by atoms with E-state index in [0.29, 0.717) is 0 Å². The van der Waals surface area contributed by atoms with Gasteiger partial charge in [0.15, 0.2) is 0 Å². The lowest BCUT2D eigenvalue weighted by Gasteiger charge is -2.22. The summed E-state index contributed by atoms with van der Waals surface area (Å²) in [6, 6.07) is 0.641. The van der Waals surface area contributed by atoms with Crippen LogP contribution in [0.4, 0.5) is 4.79 Å². The molecule has 1 heterocycles. The number of nitrogens with one attached hydrogen (secondary N) is 1. The van der Waals surface area contributed by atoms with E-state index < -0.39 is 29.3 Å². The summed E-state index contributed by atoms with van der Waals surface area (Å²) in [5.74, 6) is -1.19. The van der Waals surface area contributed by atoms with Gasteiger partial charge in [0.25, 0.3) is 5.56 Å². The second-order valence-electron chi connectivity index (χ2n) is 5.89. The first-order valence-electron chi connectivity index (χ1n) is 6.62. The van der Waals surface area contributed by atoms with Gasteiger partial charge in [-0.15, -0.1) is 0 Å². The number of hydrogen-bond acceptors (Lipinski definition) is 4. The van der Waals surface area contributed by atoms with Crippen molar-refractivity contribution in [3.05, 3.63) is 33.2 Å². The molecule has 1 aromatic rings. The van der Waals surface area contributed by atoms with Gasteiger partial charge < -0.3 is 19.7 Å².